The molecule has 27 heavy (non-hydrogen) atoms. The molecule has 2 heterocycles. The Bertz CT molecular complexity index is 1090. The van der Waals surface area contributed by atoms with Crippen molar-refractivity contribution in [2.24, 2.45) is 0 Å². The van der Waals surface area contributed by atoms with Gasteiger partial charge in [0.15, 0.2) is 0 Å². The van der Waals surface area contributed by atoms with Crippen LogP contribution in [-0.2, 0) is 6.54 Å². The Morgan fingerprint density at radius 1 is 1.07 bits per heavy atom. The third kappa shape index (κ3) is 3.41. The molecule has 2 aromatic carbocycles. The number of fused-ring (bicyclic) bond motifs is 1. The molecule has 5 nitrogen and oxygen atoms in total. The molecule has 2 aromatic heterocycles. The lowest BCUT2D eigenvalue weighted by Gasteiger charge is -2.10. The molecule has 0 saturated heterocycles. The topological polar surface area (TPSA) is 58.8 Å². The van der Waals surface area contributed by atoms with Crippen molar-refractivity contribution in [3.8, 4) is 22.8 Å². The third-order valence-corrected chi connectivity index (χ3v) is 4.58. The van der Waals surface area contributed by atoms with Crippen LogP contribution in [0.5, 0.6) is 11.5 Å². The first-order chi connectivity index (χ1) is 13.2. The molecule has 6 heteroatoms. The van der Waals surface area contributed by atoms with E-state index in [1.807, 2.05) is 53.1 Å². The number of rotatable bonds is 5. The van der Waals surface area contributed by atoms with Gasteiger partial charge in [-0.05, 0) is 42.0 Å². The SMILES string of the molecule is COc1ccc(CNc2c(-c3ccccc3O)nc3ccc(Cl)cn23)cc1. The predicted molar refractivity (Wildman–Crippen MR) is 108 cm³/mol. The molecule has 0 fully saturated rings. The summed E-state index contributed by atoms with van der Waals surface area (Å²) in [4.78, 5) is 4.69. The van der Waals surface area contributed by atoms with Crippen LogP contribution in [0.3, 0.4) is 0 Å². The van der Waals surface area contributed by atoms with Gasteiger partial charge in [-0.25, -0.2) is 4.98 Å². The Labute approximate surface area is 161 Å². The molecular weight excluding hydrogens is 362 g/mol. The Hall–Kier alpha value is -3.18. The molecule has 0 radical (unpaired) electrons. The summed E-state index contributed by atoms with van der Waals surface area (Å²) in [5, 5.41) is 14.3. The van der Waals surface area contributed by atoms with Crippen molar-refractivity contribution in [3.05, 3.63) is 77.4 Å². The van der Waals surface area contributed by atoms with Gasteiger partial charge in [0.25, 0.3) is 0 Å². The fourth-order valence-corrected chi connectivity index (χ4v) is 3.14. The number of nitrogens with one attached hydrogen (secondary N) is 1. The van der Waals surface area contributed by atoms with E-state index in [2.05, 4.69) is 10.3 Å². The maximum absolute atomic E-state index is 10.3. The minimum absolute atomic E-state index is 0.180. The maximum Gasteiger partial charge on any atom is 0.139 e. The zero-order chi connectivity index (χ0) is 18.8. The molecule has 0 amide bonds. The number of aromatic nitrogens is 2. The number of nitrogens with zero attached hydrogens (tertiary/aromatic N) is 2. The summed E-state index contributed by atoms with van der Waals surface area (Å²) in [6.45, 7) is 0.588. The smallest absolute Gasteiger partial charge is 0.139 e. The van der Waals surface area contributed by atoms with Gasteiger partial charge >= 0.3 is 0 Å². The van der Waals surface area contributed by atoms with Crippen molar-refractivity contribution in [1.29, 1.82) is 0 Å². The second-order valence-corrected chi connectivity index (χ2v) is 6.54. The Balaban J connectivity index is 1.76. The summed E-state index contributed by atoms with van der Waals surface area (Å²) in [5.41, 5.74) is 3.17. The first kappa shape index (κ1) is 17.2. The number of hydrogen-bond acceptors (Lipinski definition) is 4. The van der Waals surface area contributed by atoms with Crippen LogP contribution in [-0.4, -0.2) is 21.6 Å². The van der Waals surface area contributed by atoms with Crippen LogP contribution < -0.4 is 10.1 Å². The number of aromatic hydroxyl groups is 1. The molecular formula is C21H18ClN3O2. The lowest BCUT2D eigenvalue weighted by Crippen LogP contribution is -2.03. The monoisotopic (exact) mass is 379 g/mol. The number of phenolic OH excluding ortho intramolecular Hbond substituents is 1. The zero-order valence-corrected chi connectivity index (χ0v) is 15.4. The Morgan fingerprint density at radius 2 is 1.85 bits per heavy atom. The number of imidazole rings is 1. The van der Waals surface area contributed by atoms with Crippen LogP contribution >= 0.6 is 11.6 Å². The predicted octanol–water partition coefficient (Wildman–Crippen LogP) is 4.98. The fourth-order valence-electron chi connectivity index (χ4n) is 2.98. The van der Waals surface area contributed by atoms with Crippen molar-refractivity contribution >= 4 is 23.1 Å². The molecule has 4 rings (SSSR count). The van der Waals surface area contributed by atoms with Crippen molar-refractivity contribution in [2.45, 2.75) is 6.54 Å². The quantitative estimate of drug-likeness (QED) is 0.513. The number of benzene rings is 2. The van der Waals surface area contributed by atoms with Gasteiger partial charge in [0.1, 0.15) is 28.7 Å². The van der Waals surface area contributed by atoms with Gasteiger partial charge in [-0.2, -0.15) is 0 Å². The highest BCUT2D eigenvalue weighted by molar-refractivity contribution is 6.30. The summed E-state index contributed by atoms with van der Waals surface area (Å²) in [6.07, 6.45) is 1.81. The van der Waals surface area contributed by atoms with Gasteiger partial charge < -0.3 is 15.2 Å². The van der Waals surface area contributed by atoms with Crippen molar-refractivity contribution in [1.82, 2.24) is 9.38 Å². The minimum atomic E-state index is 0.180. The van der Waals surface area contributed by atoms with Crippen LogP contribution in [0.4, 0.5) is 5.82 Å². The molecule has 0 aliphatic carbocycles. The number of halogens is 1. The van der Waals surface area contributed by atoms with E-state index in [4.69, 9.17) is 16.3 Å². The van der Waals surface area contributed by atoms with Crippen molar-refractivity contribution in [2.75, 3.05) is 12.4 Å². The third-order valence-electron chi connectivity index (χ3n) is 4.36. The van der Waals surface area contributed by atoms with E-state index in [1.54, 1.807) is 25.3 Å². The van der Waals surface area contributed by atoms with Crippen LogP contribution in [0.25, 0.3) is 16.9 Å². The van der Waals surface area contributed by atoms with Gasteiger partial charge in [0, 0.05) is 18.3 Å². The summed E-state index contributed by atoms with van der Waals surface area (Å²) in [6, 6.07) is 18.7. The molecule has 0 bridgehead atoms. The Kier molecular flexibility index (Phi) is 4.60. The average Bonchev–Trinajstić information content (AvgIpc) is 3.04. The molecule has 2 N–H and O–H groups in total. The summed E-state index contributed by atoms with van der Waals surface area (Å²) >= 11 is 6.19. The number of phenols is 1. The van der Waals surface area contributed by atoms with E-state index in [0.717, 1.165) is 22.8 Å². The standard InChI is InChI=1S/C21H18ClN3O2/c1-27-16-9-6-14(7-10-16)12-23-21-20(17-4-2-3-5-18(17)26)24-19-11-8-15(22)13-25(19)21/h2-11,13,23,26H,12H2,1H3. The van der Waals surface area contributed by atoms with Crippen LogP contribution in [0.2, 0.25) is 5.02 Å². The van der Waals surface area contributed by atoms with Crippen molar-refractivity contribution in [3.63, 3.8) is 0 Å². The number of para-hydroxylation sites is 1. The molecule has 4 aromatic rings. The van der Waals surface area contributed by atoms with E-state index in [-0.39, 0.29) is 5.75 Å². The normalized spacial score (nSPS) is 10.9. The largest absolute Gasteiger partial charge is 0.507 e. The lowest BCUT2D eigenvalue weighted by atomic mass is 10.1. The zero-order valence-electron chi connectivity index (χ0n) is 14.7. The molecule has 0 aliphatic heterocycles. The highest BCUT2D eigenvalue weighted by Crippen LogP contribution is 2.35. The van der Waals surface area contributed by atoms with Crippen LogP contribution in [0.1, 0.15) is 5.56 Å². The van der Waals surface area contributed by atoms with Gasteiger partial charge in [-0.3, -0.25) is 4.40 Å². The number of anilines is 1. The average molecular weight is 380 g/mol. The number of methoxy groups -OCH3 is 1. The first-order valence-electron chi connectivity index (χ1n) is 8.48. The Morgan fingerprint density at radius 3 is 2.59 bits per heavy atom. The number of pyridine rings is 1. The van der Waals surface area contributed by atoms with Gasteiger partial charge in [-0.1, -0.05) is 35.9 Å². The fraction of sp³-hybridized carbons (Fsp3) is 0.0952. The van der Waals surface area contributed by atoms with E-state index >= 15 is 0 Å². The molecule has 0 atom stereocenters. The van der Waals surface area contributed by atoms with Gasteiger partial charge in [0.2, 0.25) is 0 Å². The molecule has 0 unspecified atom stereocenters. The maximum atomic E-state index is 10.3. The van der Waals surface area contributed by atoms with Gasteiger partial charge in [0.05, 0.1) is 12.1 Å². The van der Waals surface area contributed by atoms with E-state index in [1.165, 1.54) is 0 Å². The summed E-state index contributed by atoms with van der Waals surface area (Å²) in [5.74, 6) is 1.76. The summed E-state index contributed by atoms with van der Waals surface area (Å²) < 4.78 is 7.10. The molecule has 0 saturated carbocycles. The second kappa shape index (κ2) is 7.21. The molecule has 0 aliphatic rings. The van der Waals surface area contributed by atoms with Crippen LogP contribution in [0.15, 0.2) is 66.9 Å². The lowest BCUT2D eigenvalue weighted by molar-refractivity contribution is 0.414. The highest BCUT2D eigenvalue weighted by atomic mass is 35.5. The molecule has 136 valence electrons. The highest BCUT2D eigenvalue weighted by Gasteiger charge is 2.16. The second-order valence-electron chi connectivity index (χ2n) is 6.10. The minimum Gasteiger partial charge on any atom is -0.507 e. The van der Waals surface area contributed by atoms with Gasteiger partial charge in [-0.15, -0.1) is 0 Å². The van der Waals surface area contributed by atoms with Crippen LogP contribution in [0, 0.1) is 0 Å². The number of ether oxygens (including phenoxy) is 1. The summed E-state index contributed by atoms with van der Waals surface area (Å²) in [7, 11) is 1.65. The number of hydrogen-bond donors (Lipinski definition) is 2. The van der Waals surface area contributed by atoms with Crippen molar-refractivity contribution < 1.29 is 9.84 Å². The molecule has 0 spiro atoms. The van der Waals surface area contributed by atoms with E-state index in [9.17, 15) is 5.11 Å². The van der Waals surface area contributed by atoms with E-state index in [0.29, 0.717) is 22.8 Å². The first-order valence-corrected chi connectivity index (χ1v) is 8.86. The van der Waals surface area contributed by atoms with E-state index < -0.39 is 0 Å².